The van der Waals surface area contributed by atoms with Gasteiger partial charge in [-0.3, -0.25) is 0 Å². The second-order valence-corrected chi connectivity index (χ2v) is 1.34. The first-order chi connectivity index (χ1) is 3.81. The zero-order valence-electron chi connectivity index (χ0n) is 4.63. The van der Waals surface area contributed by atoms with Gasteiger partial charge in [0.1, 0.15) is 6.29 Å². The zero-order chi connectivity index (χ0) is 6.41. The van der Waals surface area contributed by atoms with Gasteiger partial charge in [0.15, 0.2) is 0 Å². The van der Waals surface area contributed by atoms with Crippen LogP contribution in [0.1, 0.15) is 6.42 Å². The fourth-order valence-electron chi connectivity index (χ4n) is 0.289. The molecule has 0 saturated carbocycles. The molecular weight excluding hydrogens is 102 g/mol. The molecule has 0 fully saturated rings. The Hall–Kier alpha value is -1.14. The highest BCUT2D eigenvalue weighted by Crippen LogP contribution is 1.84. The van der Waals surface area contributed by atoms with E-state index in [0.29, 0.717) is 12.0 Å². The number of hydrogen-bond acceptors (Lipinski definition) is 1. The quantitative estimate of drug-likeness (QED) is 0.285. The molecule has 0 aromatic rings. The molecule has 0 spiro atoms. The third kappa shape index (κ3) is 3.07. The number of allylic oxidation sites excluding steroid dienone is 1. The molecule has 0 amide bonds. The molecule has 0 aliphatic heterocycles. The van der Waals surface area contributed by atoms with Crippen molar-refractivity contribution in [3.8, 4) is 0 Å². The molecule has 0 aliphatic carbocycles. The van der Waals surface area contributed by atoms with Crippen molar-refractivity contribution < 1.29 is 4.79 Å². The second-order valence-electron chi connectivity index (χ2n) is 1.34. The van der Waals surface area contributed by atoms with Gasteiger partial charge < -0.3 is 4.79 Å². The second kappa shape index (κ2) is 4.03. The third-order valence-electron chi connectivity index (χ3n) is 0.619. The summed E-state index contributed by atoms with van der Waals surface area (Å²) in [5, 5.41) is 0. The number of carbonyl (C=O) groups is 1. The van der Waals surface area contributed by atoms with Gasteiger partial charge in [-0.1, -0.05) is 6.58 Å². The Bertz CT molecular complexity index is 143. The van der Waals surface area contributed by atoms with E-state index < -0.39 is 0 Å². The van der Waals surface area contributed by atoms with Gasteiger partial charge in [0.2, 0.25) is 0 Å². The maximum Gasteiger partial charge on any atom is 0.294 e. The van der Waals surface area contributed by atoms with Gasteiger partial charge in [0, 0.05) is 12.0 Å². The summed E-state index contributed by atoms with van der Waals surface area (Å²) in [6.45, 7) is 6.71. The molecule has 0 aliphatic rings. The van der Waals surface area contributed by atoms with Crippen molar-refractivity contribution in [2.45, 2.75) is 6.42 Å². The Labute approximate surface area is 48.3 Å². The molecular formula is C6H8NO+. The lowest BCUT2D eigenvalue weighted by molar-refractivity contribution is -0.107. The van der Waals surface area contributed by atoms with Crippen LogP contribution in [0.4, 0.5) is 0 Å². The fraction of sp³-hybridized carbons (Fsp3) is 0.167. The molecule has 0 N–H and O–H groups in total. The van der Waals surface area contributed by atoms with Gasteiger partial charge >= 0.3 is 0 Å². The van der Waals surface area contributed by atoms with Crippen molar-refractivity contribution in [2.75, 3.05) is 0 Å². The van der Waals surface area contributed by atoms with E-state index in [2.05, 4.69) is 18.0 Å². The minimum Gasteiger partial charge on any atom is -0.303 e. The summed E-state index contributed by atoms with van der Waals surface area (Å²) in [6.07, 6.45) is 2.59. The van der Waals surface area contributed by atoms with E-state index in [-0.39, 0.29) is 0 Å². The summed E-state index contributed by atoms with van der Waals surface area (Å²) in [5.41, 5.74) is 0.690. The Morgan fingerprint density at radius 2 is 2.38 bits per heavy atom. The lowest BCUT2D eigenvalue weighted by atomic mass is 10.3. The maximum atomic E-state index is 9.75. The van der Waals surface area contributed by atoms with Crippen LogP contribution < -0.4 is 4.67 Å². The molecule has 0 rings (SSSR count). The lowest BCUT2D eigenvalue weighted by Crippen LogP contribution is -1.84. The molecule has 0 radical (unpaired) electrons. The average Bonchev–Trinajstić information content (AvgIpc) is 1.68. The first-order valence-electron chi connectivity index (χ1n) is 2.21. The Morgan fingerprint density at radius 3 is 2.75 bits per heavy atom. The van der Waals surface area contributed by atoms with Gasteiger partial charge in [-0.25, -0.2) is 0 Å². The van der Waals surface area contributed by atoms with Crippen LogP contribution in [-0.4, -0.2) is 19.2 Å². The van der Waals surface area contributed by atoms with Crippen LogP contribution in [0.15, 0.2) is 12.2 Å². The highest BCUT2D eigenvalue weighted by molar-refractivity contribution is 5.81. The molecule has 0 heterocycles. The van der Waals surface area contributed by atoms with E-state index >= 15 is 0 Å². The van der Waals surface area contributed by atoms with E-state index in [1.54, 1.807) is 0 Å². The number of aldehydes is 1. The van der Waals surface area contributed by atoms with Crippen LogP contribution in [0, 0.1) is 0 Å². The molecule has 0 saturated heterocycles. The zero-order valence-corrected chi connectivity index (χ0v) is 4.63. The first-order valence-corrected chi connectivity index (χ1v) is 2.21. The monoisotopic (exact) mass is 110 g/mol. The maximum absolute atomic E-state index is 9.75. The van der Waals surface area contributed by atoms with Crippen LogP contribution in [-0.2, 0) is 4.79 Å². The van der Waals surface area contributed by atoms with Crippen LogP contribution >= 0.6 is 0 Å². The molecule has 0 aromatic carbocycles. The number of rotatable bonds is 3. The standard InChI is InChI=1S/C6H8NO/c1-6(3-4-8)5-7-2/h4-5H,1-3H2/q+1. The van der Waals surface area contributed by atoms with E-state index in [1.807, 2.05) is 0 Å². The minimum atomic E-state index is 0.346. The van der Waals surface area contributed by atoms with Crippen molar-refractivity contribution in [3.63, 3.8) is 0 Å². The van der Waals surface area contributed by atoms with Crippen molar-refractivity contribution in [1.29, 1.82) is 0 Å². The molecule has 0 bridgehead atoms. The van der Waals surface area contributed by atoms with Crippen molar-refractivity contribution in [2.24, 2.45) is 0 Å². The van der Waals surface area contributed by atoms with Crippen LogP contribution in [0.3, 0.4) is 0 Å². The van der Waals surface area contributed by atoms with Gasteiger partial charge in [0.05, 0.1) is 0 Å². The van der Waals surface area contributed by atoms with E-state index in [9.17, 15) is 4.79 Å². The normalized spacial score (nSPS) is 7.00. The van der Waals surface area contributed by atoms with Crippen molar-refractivity contribution in [3.05, 3.63) is 12.2 Å². The number of hydrogen-bond donors (Lipinski definition) is 0. The Kier molecular flexibility index (Phi) is 3.46. The average molecular weight is 110 g/mol. The van der Waals surface area contributed by atoms with Crippen LogP contribution in [0.5, 0.6) is 0 Å². The molecule has 2 heteroatoms. The van der Waals surface area contributed by atoms with E-state index in [1.165, 1.54) is 6.21 Å². The lowest BCUT2D eigenvalue weighted by Gasteiger charge is -1.75. The Morgan fingerprint density at radius 1 is 1.75 bits per heavy atom. The summed E-state index contributed by atoms with van der Waals surface area (Å²) in [4.78, 5) is 9.75. The van der Waals surface area contributed by atoms with Crippen LogP contribution in [0.2, 0.25) is 0 Å². The molecule has 42 valence electrons. The predicted octanol–water partition coefficient (Wildman–Crippen LogP) is -0.0298. The summed E-state index contributed by atoms with van der Waals surface area (Å²) >= 11 is 0. The molecule has 8 heavy (non-hydrogen) atoms. The van der Waals surface area contributed by atoms with Crippen molar-refractivity contribution >= 4 is 19.2 Å². The summed E-state index contributed by atoms with van der Waals surface area (Å²) < 4.78 is 3.42. The third-order valence-corrected chi connectivity index (χ3v) is 0.619. The summed E-state index contributed by atoms with van der Waals surface area (Å²) in [7, 11) is 0. The van der Waals surface area contributed by atoms with Gasteiger partial charge in [-0.2, -0.15) is 0 Å². The number of carbonyl (C=O) groups excluding carboxylic acids is 1. The molecule has 0 aromatic heterocycles. The molecule has 2 nitrogen and oxygen atoms in total. The van der Waals surface area contributed by atoms with E-state index in [4.69, 9.17) is 0 Å². The predicted molar refractivity (Wildman–Crippen MR) is 35.1 cm³/mol. The first kappa shape index (κ1) is 6.86. The van der Waals surface area contributed by atoms with Gasteiger partial charge in [0.25, 0.3) is 12.9 Å². The SMILES string of the molecule is C=[N+]=CC(=C)CC=O. The fourth-order valence-corrected chi connectivity index (χ4v) is 0.289. The smallest absolute Gasteiger partial charge is 0.294 e. The minimum absolute atomic E-state index is 0.346. The topological polar surface area (TPSA) is 31.2 Å². The number of nitrogens with zero attached hydrogens (tertiary/aromatic N) is 1. The van der Waals surface area contributed by atoms with Gasteiger partial charge in [-0.15, -0.1) is 4.67 Å². The highest BCUT2D eigenvalue weighted by atomic mass is 16.1. The molecule has 0 unspecified atom stereocenters. The largest absolute Gasteiger partial charge is 0.303 e. The van der Waals surface area contributed by atoms with Crippen molar-refractivity contribution in [1.82, 2.24) is 4.67 Å². The van der Waals surface area contributed by atoms with Crippen LogP contribution in [0.25, 0.3) is 0 Å². The van der Waals surface area contributed by atoms with Gasteiger partial charge in [-0.05, 0) is 0 Å². The Balaban J connectivity index is 3.65. The summed E-state index contributed by atoms with van der Waals surface area (Å²) in [6, 6.07) is 0. The summed E-state index contributed by atoms with van der Waals surface area (Å²) in [5.74, 6) is 0. The van der Waals surface area contributed by atoms with E-state index in [0.717, 1.165) is 6.29 Å². The molecule has 0 atom stereocenters. The highest BCUT2D eigenvalue weighted by Gasteiger charge is 1.89.